The fourth-order valence-electron chi connectivity index (χ4n) is 1.60. The summed E-state index contributed by atoms with van der Waals surface area (Å²) in [5, 5.41) is 0. The Morgan fingerprint density at radius 1 is 1.50 bits per heavy atom. The van der Waals surface area contributed by atoms with Crippen LogP contribution < -0.4 is 0 Å². The lowest BCUT2D eigenvalue weighted by Crippen LogP contribution is -2.49. The minimum absolute atomic E-state index is 0.333. The van der Waals surface area contributed by atoms with E-state index in [2.05, 4.69) is 4.90 Å². The minimum Gasteiger partial charge on any atom is -0.372 e. The lowest BCUT2D eigenvalue weighted by atomic mass is 10.3. The van der Waals surface area contributed by atoms with Crippen LogP contribution in [0.3, 0.4) is 0 Å². The van der Waals surface area contributed by atoms with Crippen LogP contribution in [-0.2, 0) is 15.0 Å². The number of nitrogens with zero attached hydrogens (tertiary/aromatic N) is 2. The van der Waals surface area contributed by atoms with Crippen molar-refractivity contribution in [2.24, 2.45) is 0 Å². The van der Waals surface area contributed by atoms with Crippen LogP contribution in [0.2, 0.25) is 0 Å². The van der Waals surface area contributed by atoms with Gasteiger partial charge < -0.3 is 4.74 Å². The molecule has 0 bridgehead atoms. The van der Waals surface area contributed by atoms with Crippen molar-refractivity contribution in [3.8, 4) is 0 Å². The molecule has 0 aromatic heterocycles. The molecule has 0 amide bonds. The summed E-state index contributed by atoms with van der Waals surface area (Å²) in [7, 11) is -0.272. The van der Waals surface area contributed by atoms with Gasteiger partial charge in [0.05, 0.1) is 12.7 Å². The van der Waals surface area contributed by atoms with Crippen molar-refractivity contribution in [3.63, 3.8) is 0 Å². The van der Waals surface area contributed by atoms with Crippen LogP contribution in [0.15, 0.2) is 0 Å². The van der Waals surface area contributed by atoms with Gasteiger partial charge >= 0.3 is 0 Å². The molecule has 80 valence electrons. The molecule has 0 aromatic rings. The standard InChI is InChI=1S/C8H14N2O3S/c1-9-2-3-10(4-7-6-13-7)5-8(9)14(11)12/h7H,2-6H2,1H3/t7-/m0/s1. The van der Waals surface area contributed by atoms with E-state index in [1.54, 1.807) is 4.90 Å². The van der Waals surface area contributed by atoms with Gasteiger partial charge in [-0.1, -0.05) is 0 Å². The Morgan fingerprint density at radius 2 is 2.21 bits per heavy atom. The van der Waals surface area contributed by atoms with E-state index < -0.39 is 10.3 Å². The molecule has 0 radical (unpaired) electrons. The third kappa shape index (κ3) is 2.33. The van der Waals surface area contributed by atoms with Crippen LogP contribution in [0.4, 0.5) is 0 Å². The SMILES string of the molecule is CN1CCN(C[C@H]2CO2)CC1=S(=O)=O. The molecule has 5 nitrogen and oxygen atoms in total. The summed E-state index contributed by atoms with van der Waals surface area (Å²) >= 11 is 0. The average molecular weight is 218 g/mol. The quantitative estimate of drug-likeness (QED) is 0.423. The first-order valence-electron chi connectivity index (χ1n) is 4.67. The number of ether oxygens (including phenoxy) is 1. The van der Waals surface area contributed by atoms with E-state index in [0.29, 0.717) is 17.6 Å². The molecule has 0 aromatic carbocycles. The lowest BCUT2D eigenvalue weighted by Gasteiger charge is -2.31. The van der Waals surface area contributed by atoms with E-state index in [1.165, 1.54) is 0 Å². The molecule has 0 aliphatic carbocycles. The van der Waals surface area contributed by atoms with E-state index >= 15 is 0 Å². The van der Waals surface area contributed by atoms with Crippen molar-refractivity contribution in [2.45, 2.75) is 6.10 Å². The number of hydrogen-bond donors (Lipinski definition) is 0. The largest absolute Gasteiger partial charge is 0.372 e. The predicted octanol–water partition coefficient (Wildman–Crippen LogP) is -1.36. The van der Waals surface area contributed by atoms with Crippen molar-refractivity contribution >= 4 is 15.3 Å². The second kappa shape index (κ2) is 3.98. The van der Waals surface area contributed by atoms with Gasteiger partial charge in [0, 0.05) is 26.2 Å². The Bertz CT molecular complexity index is 340. The van der Waals surface area contributed by atoms with Crippen LogP contribution in [0.25, 0.3) is 0 Å². The zero-order chi connectivity index (χ0) is 10.1. The van der Waals surface area contributed by atoms with E-state index in [0.717, 1.165) is 26.2 Å². The Labute approximate surface area is 84.8 Å². The average Bonchev–Trinajstić information content (AvgIpc) is 2.92. The Morgan fingerprint density at radius 3 is 2.79 bits per heavy atom. The van der Waals surface area contributed by atoms with Crippen LogP contribution in [-0.4, -0.2) is 69.1 Å². The second-order valence-electron chi connectivity index (χ2n) is 3.74. The van der Waals surface area contributed by atoms with E-state index in [1.807, 2.05) is 7.05 Å². The normalized spacial score (nSPS) is 29.2. The maximum atomic E-state index is 10.9. The van der Waals surface area contributed by atoms with Crippen molar-refractivity contribution in [3.05, 3.63) is 0 Å². The van der Waals surface area contributed by atoms with Crippen LogP contribution in [0.1, 0.15) is 0 Å². The smallest absolute Gasteiger partial charge is 0.229 e. The Balaban J connectivity index is 2.01. The summed E-state index contributed by atoms with van der Waals surface area (Å²) in [5.41, 5.74) is 0. The zero-order valence-corrected chi connectivity index (χ0v) is 8.96. The Kier molecular flexibility index (Phi) is 2.87. The number of rotatable bonds is 2. The zero-order valence-electron chi connectivity index (χ0n) is 8.14. The topological polar surface area (TPSA) is 53.1 Å². The first kappa shape index (κ1) is 10.1. The van der Waals surface area contributed by atoms with Crippen LogP contribution in [0, 0.1) is 0 Å². The van der Waals surface area contributed by atoms with Gasteiger partial charge in [-0.25, -0.2) is 0 Å². The molecule has 2 aliphatic rings. The molecule has 2 rings (SSSR count). The molecular formula is C8H14N2O3S. The third-order valence-electron chi connectivity index (χ3n) is 2.59. The second-order valence-corrected chi connectivity index (χ2v) is 4.68. The van der Waals surface area contributed by atoms with E-state index in [4.69, 9.17) is 4.74 Å². The molecule has 0 spiro atoms. The maximum absolute atomic E-state index is 10.9. The predicted molar refractivity (Wildman–Crippen MR) is 52.7 cm³/mol. The molecule has 0 saturated carbocycles. The third-order valence-corrected chi connectivity index (χ3v) is 3.42. The maximum Gasteiger partial charge on any atom is 0.229 e. The van der Waals surface area contributed by atoms with Gasteiger partial charge in [0.15, 0.2) is 0 Å². The molecule has 6 heteroatoms. The van der Waals surface area contributed by atoms with Gasteiger partial charge in [-0.05, 0) is 7.05 Å². The fraction of sp³-hybridized carbons (Fsp3) is 0.875. The summed E-state index contributed by atoms with van der Waals surface area (Å²) in [6.45, 7) is 3.89. The molecule has 0 unspecified atom stereocenters. The van der Waals surface area contributed by atoms with Crippen molar-refractivity contribution < 1.29 is 13.2 Å². The summed E-state index contributed by atoms with van der Waals surface area (Å²) in [5.74, 6) is 0. The molecule has 1 atom stereocenters. The monoisotopic (exact) mass is 218 g/mol. The lowest BCUT2D eigenvalue weighted by molar-refractivity contribution is 0.226. The van der Waals surface area contributed by atoms with Crippen molar-refractivity contribution in [1.82, 2.24) is 9.80 Å². The molecule has 14 heavy (non-hydrogen) atoms. The molecule has 2 fully saturated rings. The number of piperazine rings is 1. The fourth-order valence-corrected chi connectivity index (χ4v) is 2.24. The summed E-state index contributed by atoms with van der Waals surface area (Å²) in [6, 6.07) is 0. The molecule has 0 N–H and O–H groups in total. The highest BCUT2D eigenvalue weighted by atomic mass is 32.2. The molecule has 2 saturated heterocycles. The first-order valence-corrected chi connectivity index (χ1v) is 5.74. The summed E-state index contributed by atoms with van der Waals surface area (Å²) < 4.78 is 26.9. The highest BCUT2D eigenvalue weighted by Gasteiger charge is 2.29. The van der Waals surface area contributed by atoms with Crippen LogP contribution in [0.5, 0.6) is 0 Å². The molecule has 2 aliphatic heterocycles. The van der Waals surface area contributed by atoms with Crippen LogP contribution >= 0.6 is 0 Å². The van der Waals surface area contributed by atoms with Gasteiger partial charge in [0.25, 0.3) is 0 Å². The number of hydrogen-bond acceptors (Lipinski definition) is 4. The molecular weight excluding hydrogens is 204 g/mol. The minimum atomic E-state index is -2.09. The molecule has 2 heterocycles. The first-order chi connectivity index (χ1) is 6.66. The van der Waals surface area contributed by atoms with Gasteiger partial charge in [0.1, 0.15) is 4.99 Å². The number of likely N-dealkylation sites (N-methyl/N-ethyl adjacent to an activating group) is 1. The Hall–Kier alpha value is -0.430. The van der Waals surface area contributed by atoms with Gasteiger partial charge in [-0.3, -0.25) is 9.80 Å². The number of epoxide rings is 1. The van der Waals surface area contributed by atoms with Gasteiger partial charge in [-0.15, -0.1) is 0 Å². The van der Waals surface area contributed by atoms with Gasteiger partial charge in [-0.2, -0.15) is 8.42 Å². The van der Waals surface area contributed by atoms with Crippen molar-refractivity contribution in [2.75, 3.05) is 39.8 Å². The van der Waals surface area contributed by atoms with Crippen molar-refractivity contribution in [1.29, 1.82) is 0 Å². The van der Waals surface area contributed by atoms with Gasteiger partial charge in [0.2, 0.25) is 10.3 Å². The highest BCUT2D eigenvalue weighted by molar-refractivity contribution is 7.72. The highest BCUT2D eigenvalue weighted by Crippen LogP contribution is 2.12. The van der Waals surface area contributed by atoms with E-state index in [-0.39, 0.29) is 0 Å². The van der Waals surface area contributed by atoms with E-state index in [9.17, 15) is 8.42 Å². The summed E-state index contributed by atoms with van der Waals surface area (Å²) in [4.78, 5) is 4.41. The summed E-state index contributed by atoms with van der Waals surface area (Å²) in [6.07, 6.45) is 0.333.